The molecule has 0 radical (unpaired) electrons. The van der Waals surface area contributed by atoms with E-state index < -0.39 is 40.2 Å². The monoisotopic (exact) mass is 562 g/mol. The van der Waals surface area contributed by atoms with Crippen molar-refractivity contribution >= 4 is 46.2 Å². The predicted molar refractivity (Wildman–Crippen MR) is 137 cm³/mol. The third-order valence-electron chi connectivity index (χ3n) is 6.36. The van der Waals surface area contributed by atoms with Crippen LogP contribution < -0.4 is 10.6 Å². The molecule has 0 bridgehead atoms. The molecule has 4 rings (SSSR count). The Bertz CT molecular complexity index is 1270. The van der Waals surface area contributed by atoms with Gasteiger partial charge in [-0.3, -0.25) is 9.47 Å². The van der Waals surface area contributed by atoms with Crippen molar-refractivity contribution in [2.75, 3.05) is 37.5 Å². The van der Waals surface area contributed by atoms with Crippen LogP contribution in [0.25, 0.3) is 10.9 Å². The first-order valence-electron chi connectivity index (χ1n) is 11.9. The SMILES string of the molecule is COC[C@H]1CSc2c(Cl)c(C(F)(F)F)cc3c(N4C[C@@H](C)N(C(=O)OC(C)(C)C)[C@@H](C)C4)nc(=O)n1c23. The highest BCUT2D eigenvalue weighted by Crippen LogP contribution is 2.48. The van der Waals surface area contributed by atoms with Gasteiger partial charge >= 0.3 is 18.0 Å². The average Bonchev–Trinajstić information content (AvgIpc) is 2.75. The van der Waals surface area contributed by atoms with Gasteiger partial charge in [0.05, 0.1) is 45.7 Å². The molecule has 1 aromatic heterocycles. The molecule has 37 heavy (non-hydrogen) atoms. The first-order chi connectivity index (χ1) is 17.1. The normalized spacial score (nSPS) is 22.5. The molecule has 2 aliphatic rings. The van der Waals surface area contributed by atoms with Gasteiger partial charge in [0.15, 0.2) is 0 Å². The third kappa shape index (κ3) is 5.24. The van der Waals surface area contributed by atoms with Gasteiger partial charge in [0.1, 0.15) is 11.4 Å². The van der Waals surface area contributed by atoms with Crippen LogP contribution in [0.5, 0.6) is 0 Å². The maximum Gasteiger partial charge on any atom is 0.417 e. The summed E-state index contributed by atoms with van der Waals surface area (Å²) in [4.78, 5) is 34.0. The van der Waals surface area contributed by atoms with Gasteiger partial charge in [0.25, 0.3) is 0 Å². The number of piperazine rings is 1. The van der Waals surface area contributed by atoms with Crippen LogP contribution in [0.3, 0.4) is 0 Å². The second-order valence-corrected chi connectivity index (χ2v) is 11.9. The van der Waals surface area contributed by atoms with Crippen molar-refractivity contribution in [1.29, 1.82) is 0 Å². The van der Waals surface area contributed by atoms with E-state index in [1.54, 1.807) is 30.6 Å². The summed E-state index contributed by atoms with van der Waals surface area (Å²) in [5, 5.41) is -0.243. The summed E-state index contributed by atoms with van der Waals surface area (Å²) in [6.07, 6.45) is -5.16. The molecule has 2 aromatic rings. The number of rotatable bonds is 3. The number of thioether (sulfide) groups is 1. The molecular formula is C24H30ClF3N4O4S. The van der Waals surface area contributed by atoms with E-state index in [1.807, 2.05) is 13.8 Å². The topological polar surface area (TPSA) is 76.9 Å². The summed E-state index contributed by atoms with van der Waals surface area (Å²) in [7, 11) is 1.50. The molecule has 2 aliphatic heterocycles. The van der Waals surface area contributed by atoms with Crippen molar-refractivity contribution in [2.45, 2.75) is 69.4 Å². The fourth-order valence-corrected chi connectivity index (χ4v) is 6.59. The minimum Gasteiger partial charge on any atom is -0.444 e. The lowest BCUT2D eigenvalue weighted by Gasteiger charge is -2.45. The highest BCUT2D eigenvalue weighted by molar-refractivity contribution is 7.99. The lowest BCUT2D eigenvalue weighted by molar-refractivity contribution is -0.137. The third-order valence-corrected chi connectivity index (χ3v) is 8.10. The number of anilines is 1. The summed E-state index contributed by atoms with van der Waals surface area (Å²) in [6.45, 7) is 9.69. The predicted octanol–water partition coefficient (Wildman–Crippen LogP) is 5.20. The van der Waals surface area contributed by atoms with E-state index in [0.29, 0.717) is 11.3 Å². The van der Waals surface area contributed by atoms with E-state index in [1.165, 1.54) is 23.4 Å². The Morgan fingerprint density at radius 2 is 1.84 bits per heavy atom. The standard InChI is InChI=1S/C24H30ClF3N4O4S/c1-12-8-30(9-13(2)31(12)22(34)36-23(3,4)5)20-15-7-16(24(26,27)28)17(25)19-18(15)32(21(33)29-20)14(10-35-6)11-37-19/h7,12-14H,8-11H2,1-6H3/t12-,13+,14-/m0/s1. The summed E-state index contributed by atoms with van der Waals surface area (Å²) in [5.74, 6) is 0.460. The van der Waals surface area contributed by atoms with Crippen LogP contribution in [0.1, 0.15) is 46.2 Å². The number of aromatic nitrogens is 2. The summed E-state index contributed by atoms with van der Waals surface area (Å²) < 4.78 is 54.2. The van der Waals surface area contributed by atoms with Crippen molar-refractivity contribution in [3.63, 3.8) is 0 Å². The summed E-state index contributed by atoms with van der Waals surface area (Å²) >= 11 is 7.44. The number of amides is 1. The molecule has 0 unspecified atom stereocenters. The lowest BCUT2D eigenvalue weighted by Crippen LogP contribution is -2.60. The quantitative estimate of drug-likeness (QED) is 0.509. The molecule has 0 aliphatic carbocycles. The van der Waals surface area contributed by atoms with E-state index in [-0.39, 0.29) is 47.9 Å². The first-order valence-corrected chi connectivity index (χ1v) is 13.2. The van der Waals surface area contributed by atoms with Crippen LogP contribution in [0, 0.1) is 0 Å². The van der Waals surface area contributed by atoms with E-state index in [9.17, 15) is 22.8 Å². The lowest BCUT2D eigenvalue weighted by atomic mass is 10.1. The smallest absolute Gasteiger partial charge is 0.417 e. The Hall–Kier alpha value is -2.18. The number of hydrogen-bond acceptors (Lipinski definition) is 7. The highest BCUT2D eigenvalue weighted by Gasteiger charge is 2.40. The Kier molecular flexibility index (Phi) is 7.41. The van der Waals surface area contributed by atoms with E-state index in [0.717, 1.165) is 6.07 Å². The number of alkyl halides is 3. The van der Waals surface area contributed by atoms with Crippen molar-refractivity contribution in [2.24, 2.45) is 0 Å². The molecule has 13 heteroatoms. The Morgan fingerprint density at radius 3 is 2.38 bits per heavy atom. The van der Waals surface area contributed by atoms with E-state index >= 15 is 0 Å². The fourth-order valence-electron chi connectivity index (χ4n) is 4.99. The first kappa shape index (κ1) is 27.8. The Balaban J connectivity index is 1.85. The number of carbonyl (C=O) groups excluding carboxylic acids is 1. The average molecular weight is 563 g/mol. The van der Waals surface area contributed by atoms with Gasteiger partial charge in [-0.1, -0.05) is 11.6 Å². The minimum absolute atomic E-state index is 0.140. The van der Waals surface area contributed by atoms with Crippen LogP contribution in [0.4, 0.5) is 23.8 Å². The van der Waals surface area contributed by atoms with Crippen molar-refractivity contribution in [3.8, 4) is 0 Å². The van der Waals surface area contributed by atoms with Gasteiger partial charge in [-0.2, -0.15) is 18.2 Å². The number of carbonyl (C=O) groups is 1. The molecule has 3 atom stereocenters. The molecule has 1 aromatic carbocycles. The largest absolute Gasteiger partial charge is 0.444 e. The molecule has 8 nitrogen and oxygen atoms in total. The Labute approximate surface area is 222 Å². The second-order valence-electron chi connectivity index (χ2n) is 10.5. The number of hydrogen-bond donors (Lipinski definition) is 0. The molecular weight excluding hydrogens is 533 g/mol. The van der Waals surface area contributed by atoms with E-state index in [4.69, 9.17) is 21.1 Å². The van der Waals surface area contributed by atoms with Crippen LogP contribution >= 0.6 is 23.4 Å². The minimum atomic E-state index is -4.69. The van der Waals surface area contributed by atoms with Crippen LogP contribution in [0.15, 0.2) is 15.8 Å². The zero-order valence-corrected chi connectivity index (χ0v) is 23.1. The molecule has 0 spiro atoms. The van der Waals surface area contributed by atoms with Crippen LogP contribution in [0.2, 0.25) is 5.02 Å². The van der Waals surface area contributed by atoms with E-state index in [2.05, 4.69) is 4.98 Å². The fraction of sp³-hybridized carbons (Fsp3) is 0.625. The van der Waals surface area contributed by atoms with Crippen molar-refractivity contribution < 1.29 is 27.4 Å². The molecule has 3 heterocycles. The number of benzene rings is 1. The van der Waals surface area contributed by atoms with Gasteiger partial charge in [-0.15, -0.1) is 11.8 Å². The zero-order chi connectivity index (χ0) is 27.4. The number of methoxy groups -OCH3 is 1. The maximum absolute atomic E-state index is 14.0. The molecule has 0 saturated carbocycles. The van der Waals surface area contributed by atoms with Gasteiger partial charge in [0.2, 0.25) is 0 Å². The number of halogens is 4. The van der Waals surface area contributed by atoms with Gasteiger partial charge in [0, 0.05) is 31.3 Å². The Morgan fingerprint density at radius 1 is 1.22 bits per heavy atom. The van der Waals surface area contributed by atoms with Crippen LogP contribution in [-0.2, 0) is 15.7 Å². The maximum atomic E-state index is 14.0. The van der Waals surface area contributed by atoms with Crippen LogP contribution in [-0.4, -0.2) is 70.8 Å². The summed E-state index contributed by atoms with van der Waals surface area (Å²) in [6, 6.07) is -0.135. The molecule has 204 valence electrons. The van der Waals surface area contributed by atoms with Crippen molar-refractivity contribution in [3.05, 3.63) is 27.1 Å². The number of nitrogens with zero attached hydrogens (tertiary/aromatic N) is 4. The second kappa shape index (κ2) is 9.85. The van der Waals surface area contributed by atoms with Gasteiger partial charge in [-0.25, -0.2) is 9.59 Å². The molecule has 1 amide bonds. The van der Waals surface area contributed by atoms with Crippen molar-refractivity contribution in [1.82, 2.24) is 14.5 Å². The molecule has 1 saturated heterocycles. The zero-order valence-electron chi connectivity index (χ0n) is 21.5. The number of ether oxygens (including phenoxy) is 2. The van der Waals surface area contributed by atoms with Gasteiger partial charge in [-0.05, 0) is 40.7 Å². The highest BCUT2D eigenvalue weighted by atomic mass is 35.5. The van der Waals surface area contributed by atoms with Gasteiger partial charge < -0.3 is 14.4 Å². The molecule has 0 N–H and O–H groups in total. The summed E-state index contributed by atoms with van der Waals surface area (Å²) in [5.41, 5.74) is -1.92. The molecule has 1 fully saturated rings.